The number of aromatic nitrogens is 1. The second-order valence-electron chi connectivity index (χ2n) is 4.20. The standard InChI is InChI=1S/C14H9ClF2N2S/c15-10-2-1-3-12-13(10)20-14(19-12)18-7-8-6-9(16)4-5-11(8)17/h1-6H,7H2,(H,18,19). The number of hydrogen-bond donors (Lipinski definition) is 1. The molecule has 0 atom stereocenters. The number of fused-ring (bicyclic) bond motifs is 1. The van der Waals surface area contributed by atoms with Crippen molar-refractivity contribution in [3.63, 3.8) is 0 Å². The Morgan fingerprint density at radius 1 is 1.20 bits per heavy atom. The lowest BCUT2D eigenvalue weighted by Gasteiger charge is -2.04. The molecule has 2 nitrogen and oxygen atoms in total. The van der Waals surface area contributed by atoms with Crippen LogP contribution in [-0.4, -0.2) is 4.98 Å². The molecule has 0 radical (unpaired) electrons. The van der Waals surface area contributed by atoms with E-state index in [1.807, 2.05) is 12.1 Å². The molecule has 3 rings (SSSR count). The van der Waals surface area contributed by atoms with Crippen molar-refractivity contribution in [2.75, 3.05) is 5.32 Å². The fraction of sp³-hybridized carbons (Fsp3) is 0.0714. The molecule has 0 spiro atoms. The van der Waals surface area contributed by atoms with E-state index in [0.717, 1.165) is 22.3 Å². The number of halogens is 3. The van der Waals surface area contributed by atoms with Crippen LogP contribution in [0.1, 0.15) is 5.56 Å². The maximum absolute atomic E-state index is 13.5. The van der Waals surface area contributed by atoms with Crippen molar-refractivity contribution in [1.29, 1.82) is 0 Å². The quantitative estimate of drug-likeness (QED) is 0.748. The zero-order valence-electron chi connectivity index (χ0n) is 10.2. The van der Waals surface area contributed by atoms with Crippen molar-refractivity contribution in [2.24, 2.45) is 0 Å². The monoisotopic (exact) mass is 310 g/mol. The van der Waals surface area contributed by atoms with Gasteiger partial charge in [0.2, 0.25) is 0 Å². The van der Waals surface area contributed by atoms with Gasteiger partial charge in [0.25, 0.3) is 0 Å². The molecular formula is C14H9ClF2N2S. The van der Waals surface area contributed by atoms with Crippen molar-refractivity contribution in [1.82, 2.24) is 4.98 Å². The molecule has 0 amide bonds. The summed E-state index contributed by atoms with van der Waals surface area (Å²) in [5, 5.41) is 4.24. The van der Waals surface area contributed by atoms with Crippen LogP contribution in [0.15, 0.2) is 36.4 Å². The normalized spacial score (nSPS) is 10.9. The van der Waals surface area contributed by atoms with Crippen LogP contribution in [0.5, 0.6) is 0 Å². The van der Waals surface area contributed by atoms with Crippen LogP contribution in [0.2, 0.25) is 5.02 Å². The van der Waals surface area contributed by atoms with E-state index in [9.17, 15) is 8.78 Å². The predicted molar refractivity (Wildman–Crippen MR) is 78.3 cm³/mol. The van der Waals surface area contributed by atoms with E-state index in [4.69, 9.17) is 11.6 Å². The second kappa shape index (κ2) is 5.34. The van der Waals surface area contributed by atoms with Crippen LogP contribution in [0.25, 0.3) is 10.2 Å². The van der Waals surface area contributed by atoms with Gasteiger partial charge in [-0.05, 0) is 30.3 Å². The second-order valence-corrected chi connectivity index (χ2v) is 5.60. The number of nitrogens with one attached hydrogen (secondary N) is 1. The van der Waals surface area contributed by atoms with Gasteiger partial charge in [-0.25, -0.2) is 13.8 Å². The summed E-state index contributed by atoms with van der Waals surface area (Å²) in [5.74, 6) is -0.909. The number of nitrogens with zero attached hydrogens (tertiary/aromatic N) is 1. The number of thiazole rings is 1. The minimum atomic E-state index is -0.462. The predicted octanol–water partition coefficient (Wildman–Crippen LogP) is 4.84. The summed E-state index contributed by atoms with van der Waals surface area (Å²) in [6, 6.07) is 8.84. The minimum Gasteiger partial charge on any atom is -0.357 e. The van der Waals surface area contributed by atoms with Crippen molar-refractivity contribution in [3.8, 4) is 0 Å². The van der Waals surface area contributed by atoms with Gasteiger partial charge in [0, 0.05) is 12.1 Å². The molecule has 0 aliphatic heterocycles. The van der Waals surface area contributed by atoms with Gasteiger partial charge in [0.05, 0.1) is 15.2 Å². The number of hydrogen-bond acceptors (Lipinski definition) is 3. The lowest BCUT2D eigenvalue weighted by molar-refractivity contribution is 0.587. The zero-order chi connectivity index (χ0) is 14.1. The molecule has 6 heteroatoms. The van der Waals surface area contributed by atoms with E-state index in [-0.39, 0.29) is 12.1 Å². The molecule has 0 fully saturated rings. The highest BCUT2D eigenvalue weighted by Crippen LogP contribution is 2.31. The molecule has 0 saturated carbocycles. The van der Waals surface area contributed by atoms with Gasteiger partial charge < -0.3 is 5.32 Å². The van der Waals surface area contributed by atoms with Crippen molar-refractivity contribution < 1.29 is 8.78 Å². The molecule has 3 aromatic rings. The maximum atomic E-state index is 13.5. The highest BCUT2D eigenvalue weighted by molar-refractivity contribution is 7.22. The molecule has 20 heavy (non-hydrogen) atoms. The zero-order valence-corrected chi connectivity index (χ0v) is 11.7. The van der Waals surface area contributed by atoms with Crippen LogP contribution < -0.4 is 5.32 Å². The number of rotatable bonds is 3. The van der Waals surface area contributed by atoms with E-state index in [1.54, 1.807) is 6.07 Å². The van der Waals surface area contributed by atoms with Gasteiger partial charge in [-0.2, -0.15) is 0 Å². The average molecular weight is 311 g/mol. The highest BCUT2D eigenvalue weighted by atomic mass is 35.5. The Balaban J connectivity index is 1.83. The smallest absolute Gasteiger partial charge is 0.184 e. The molecule has 102 valence electrons. The molecular weight excluding hydrogens is 302 g/mol. The molecule has 2 aromatic carbocycles. The highest BCUT2D eigenvalue weighted by Gasteiger charge is 2.08. The fourth-order valence-corrected chi connectivity index (χ4v) is 2.99. The Morgan fingerprint density at radius 2 is 2.05 bits per heavy atom. The summed E-state index contributed by atoms with van der Waals surface area (Å²) in [4.78, 5) is 4.35. The van der Waals surface area contributed by atoms with Gasteiger partial charge in [0.15, 0.2) is 5.13 Å². The van der Waals surface area contributed by atoms with Crippen molar-refractivity contribution >= 4 is 38.3 Å². The molecule has 0 aliphatic carbocycles. The van der Waals surface area contributed by atoms with Gasteiger partial charge in [-0.1, -0.05) is 29.0 Å². The van der Waals surface area contributed by atoms with E-state index in [1.165, 1.54) is 17.4 Å². The Kier molecular flexibility index (Phi) is 3.54. The summed E-state index contributed by atoms with van der Waals surface area (Å²) < 4.78 is 27.4. The van der Waals surface area contributed by atoms with Crippen LogP contribution >= 0.6 is 22.9 Å². The van der Waals surface area contributed by atoms with E-state index in [2.05, 4.69) is 10.3 Å². The minimum absolute atomic E-state index is 0.168. The summed E-state index contributed by atoms with van der Waals surface area (Å²) in [7, 11) is 0. The molecule has 1 N–H and O–H groups in total. The fourth-order valence-electron chi connectivity index (χ4n) is 1.84. The van der Waals surface area contributed by atoms with E-state index in [0.29, 0.717) is 10.2 Å². The Morgan fingerprint density at radius 3 is 2.85 bits per heavy atom. The third-order valence-electron chi connectivity index (χ3n) is 2.80. The molecule has 0 aliphatic rings. The van der Waals surface area contributed by atoms with Crippen LogP contribution in [0, 0.1) is 11.6 Å². The molecule has 0 unspecified atom stereocenters. The molecule has 1 heterocycles. The van der Waals surface area contributed by atoms with E-state index < -0.39 is 11.6 Å². The number of anilines is 1. The summed E-state index contributed by atoms with van der Waals surface area (Å²) in [6.07, 6.45) is 0. The van der Waals surface area contributed by atoms with Crippen LogP contribution in [0.3, 0.4) is 0 Å². The van der Waals surface area contributed by atoms with Gasteiger partial charge >= 0.3 is 0 Å². The Hall–Kier alpha value is -1.72. The van der Waals surface area contributed by atoms with Gasteiger partial charge in [-0.15, -0.1) is 0 Å². The van der Waals surface area contributed by atoms with Gasteiger partial charge in [-0.3, -0.25) is 0 Å². The maximum Gasteiger partial charge on any atom is 0.184 e. The first-order valence-electron chi connectivity index (χ1n) is 5.86. The Labute approximate surface area is 123 Å². The SMILES string of the molecule is Fc1ccc(F)c(CNc2nc3cccc(Cl)c3s2)c1. The lowest BCUT2D eigenvalue weighted by Crippen LogP contribution is -2.01. The number of benzene rings is 2. The van der Waals surface area contributed by atoms with Crippen molar-refractivity contribution in [3.05, 3.63) is 58.6 Å². The van der Waals surface area contributed by atoms with Crippen LogP contribution in [-0.2, 0) is 6.54 Å². The third kappa shape index (κ3) is 2.59. The molecule has 0 saturated heterocycles. The first-order valence-corrected chi connectivity index (χ1v) is 7.06. The summed E-state index contributed by atoms with van der Waals surface area (Å²) in [5.41, 5.74) is 1.04. The summed E-state index contributed by atoms with van der Waals surface area (Å²) in [6.45, 7) is 0.168. The topological polar surface area (TPSA) is 24.9 Å². The molecule has 1 aromatic heterocycles. The average Bonchev–Trinajstić information content (AvgIpc) is 2.84. The Bertz CT molecular complexity index is 773. The third-order valence-corrected chi connectivity index (χ3v) is 4.29. The van der Waals surface area contributed by atoms with Gasteiger partial charge in [0.1, 0.15) is 11.6 Å². The first-order chi connectivity index (χ1) is 9.63. The van der Waals surface area contributed by atoms with Crippen LogP contribution in [0.4, 0.5) is 13.9 Å². The first kappa shape index (κ1) is 13.3. The molecule has 0 bridgehead atoms. The largest absolute Gasteiger partial charge is 0.357 e. The van der Waals surface area contributed by atoms with E-state index >= 15 is 0 Å². The summed E-state index contributed by atoms with van der Waals surface area (Å²) >= 11 is 7.45. The lowest BCUT2D eigenvalue weighted by atomic mass is 10.2. The van der Waals surface area contributed by atoms with Crippen molar-refractivity contribution in [2.45, 2.75) is 6.54 Å².